The lowest BCUT2D eigenvalue weighted by molar-refractivity contribution is -0.141. The molecule has 1 aromatic rings. The Kier molecular flexibility index (Phi) is 5.13. The van der Waals surface area contributed by atoms with E-state index in [1.807, 2.05) is 0 Å². The summed E-state index contributed by atoms with van der Waals surface area (Å²) in [6.07, 6.45) is 0. The summed E-state index contributed by atoms with van der Waals surface area (Å²) in [4.78, 5) is 24.0. The zero-order valence-electron chi connectivity index (χ0n) is 12.2. The number of carboxylic acid groups (broad SMARTS) is 1. The van der Waals surface area contributed by atoms with Gasteiger partial charge in [-0.3, -0.25) is 9.59 Å². The Morgan fingerprint density at radius 2 is 1.86 bits per heavy atom. The minimum absolute atomic E-state index is 0.00930. The van der Waals surface area contributed by atoms with Crippen molar-refractivity contribution in [3.63, 3.8) is 0 Å². The van der Waals surface area contributed by atoms with E-state index in [2.05, 4.69) is 0 Å². The van der Waals surface area contributed by atoms with Gasteiger partial charge in [0, 0.05) is 27.7 Å². The predicted molar refractivity (Wildman–Crippen MR) is 73.3 cm³/mol. The molecule has 0 spiro atoms. The average Bonchev–Trinajstić information content (AvgIpc) is 2.87. The van der Waals surface area contributed by atoms with Crippen molar-refractivity contribution in [1.29, 1.82) is 0 Å². The van der Waals surface area contributed by atoms with Crippen LogP contribution in [0.15, 0.2) is 21.6 Å². The highest BCUT2D eigenvalue weighted by molar-refractivity contribution is 7.88. The summed E-state index contributed by atoms with van der Waals surface area (Å²) in [6, 6.07) is 2.44. The van der Waals surface area contributed by atoms with E-state index in [-0.39, 0.29) is 17.4 Å². The standard InChI is InChI=1S/C12H18N2O6S/c1-8(12(16)17)7-14(4)11(15)9-5-6-10(20-9)21(18,19)13(2)3/h5-6,8H,7H2,1-4H3,(H,16,17). The topological polar surface area (TPSA) is 108 Å². The van der Waals surface area contributed by atoms with Crippen molar-refractivity contribution in [2.45, 2.75) is 12.0 Å². The molecular formula is C12H18N2O6S. The number of amides is 1. The van der Waals surface area contributed by atoms with Crippen LogP contribution in [0.5, 0.6) is 0 Å². The Bertz CT molecular complexity index is 634. The summed E-state index contributed by atoms with van der Waals surface area (Å²) >= 11 is 0. The first kappa shape index (κ1) is 17.2. The van der Waals surface area contributed by atoms with Crippen molar-refractivity contribution in [2.75, 3.05) is 27.7 Å². The van der Waals surface area contributed by atoms with Gasteiger partial charge in [-0.1, -0.05) is 6.92 Å². The number of carbonyl (C=O) groups is 2. The predicted octanol–water partition coefficient (Wildman–Crippen LogP) is 0.323. The van der Waals surface area contributed by atoms with E-state index < -0.39 is 27.8 Å². The molecule has 0 saturated carbocycles. The molecule has 9 heteroatoms. The van der Waals surface area contributed by atoms with Crippen molar-refractivity contribution in [3.8, 4) is 0 Å². The van der Waals surface area contributed by atoms with Gasteiger partial charge in [0.1, 0.15) is 0 Å². The highest BCUT2D eigenvalue weighted by Gasteiger charge is 2.25. The quantitative estimate of drug-likeness (QED) is 0.809. The van der Waals surface area contributed by atoms with Crippen LogP contribution in [-0.2, 0) is 14.8 Å². The second-order valence-electron chi connectivity index (χ2n) is 4.83. The second-order valence-corrected chi connectivity index (χ2v) is 6.91. The van der Waals surface area contributed by atoms with Crippen molar-refractivity contribution < 1.29 is 27.5 Å². The van der Waals surface area contributed by atoms with Gasteiger partial charge in [0.05, 0.1) is 5.92 Å². The van der Waals surface area contributed by atoms with Crippen molar-refractivity contribution in [1.82, 2.24) is 9.21 Å². The Morgan fingerprint density at radius 3 is 2.33 bits per heavy atom. The molecule has 8 nitrogen and oxygen atoms in total. The van der Waals surface area contributed by atoms with Crippen LogP contribution in [0.3, 0.4) is 0 Å². The molecule has 0 aliphatic heterocycles. The van der Waals surface area contributed by atoms with Crippen LogP contribution in [0.25, 0.3) is 0 Å². The van der Waals surface area contributed by atoms with E-state index in [4.69, 9.17) is 9.52 Å². The fourth-order valence-electron chi connectivity index (χ4n) is 1.51. The number of nitrogens with zero attached hydrogens (tertiary/aromatic N) is 2. The summed E-state index contributed by atoms with van der Waals surface area (Å²) in [5, 5.41) is 8.47. The van der Waals surface area contributed by atoms with Crippen LogP contribution < -0.4 is 0 Å². The molecule has 0 radical (unpaired) electrons. The van der Waals surface area contributed by atoms with Crippen LogP contribution in [0.4, 0.5) is 0 Å². The van der Waals surface area contributed by atoms with E-state index in [0.717, 1.165) is 4.31 Å². The van der Waals surface area contributed by atoms with Crippen LogP contribution in [0.2, 0.25) is 0 Å². The molecule has 0 aliphatic carbocycles. The molecule has 1 unspecified atom stereocenters. The zero-order valence-corrected chi connectivity index (χ0v) is 13.0. The van der Waals surface area contributed by atoms with E-state index in [0.29, 0.717) is 0 Å². The maximum absolute atomic E-state index is 12.0. The Hall–Kier alpha value is -1.87. The Morgan fingerprint density at radius 1 is 1.29 bits per heavy atom. The second kappa shape index (κ2) is 6.27. The lowest BCUT2D eigenvalue weighted by Gasteiger charge is -2.18. The molecule has 0 saturated heterocycles. The molecule has 1 aromatic heterocycles. The van der Waals surface area contributed by atoms with E-state index >= 15 is 0 Å². The third-order valence-electron chi connectivity index (χ3n) is 2.84. The average molecular weight is 318 g/mol. The van der Waals surface area contributed by atoms with Crippen molar-refractivity contribution in [3.05, 3.63) is 17.9 Å². The number of carboxylic acids is 1. The Balaban J connectivity index is 2.91. The number of hydrogen-bond donors (Lipinski definition) is 1. The molecule has 1 amide bonds. The summed E-state index contributed by atoms with van der Waals surface area (Å²) in [5.74, 6) is -2.50. The summed E-state index contributed by atoms with van der Waals surface area (Å²) < 4.78 is 29.7. The van der Waals surface area contributed by atoms with Gasteiger partial charge in [-0.2, -0.15) is 0 Å². The molecule has 1 N–H and O–H groups in total. The summed E-state index contributed by atoms with van der Waals surface area (Å²) in [6.45, 7) is 1.46. The molecule has 21 heavy (non-hydrogen) atoms. The van der Waals surface area contributed by atoms with Gasteiger partial charge >= 0.3 is 5.97 Å². The number of rotatable bonds is 6. The van der Waals surface area contributed by atoms with Crippen LogP contribution in [0.1, 0.15) is 17.5 Å². The number of sulfonamides is 1. The van der Waals surface area contributed by atoms with Crippen LogP contribution in [0, 0.1) is 5.92 Å². The minimum Gasteiger partial charge on any atom is -0.481 e. The van der Waals surface area contributed by atoms with Gasteiger partial charge in [-0.05, 0) is 12.1 Å². The molecule has 1 heterocycles. The highest BCUT2D eigenvalue weighted by atomic mass is 32.2. The summed E-state index contributed by atoms with van der Waals surface area (Å²) in [5.41, 5.74) is 0. The lowest BCUT2D eigenvalue weighted by atomic mass is 10.2. The molecule has 0 bridgehead atoms. The third-order valence-corrected chi connectivity index (χ3v) is 4.53. The van der Waals surface area contributed by atoms with Crippen LogP contribution in [-0.4, -0.2) is 62.3 Å². The minimum atomic E-state index is -3.75. The first-order chi connectivity index (χ1) is 9.57. The molecule has 1 atom stereocenters. The smallest absolute Gasteiger partial charge is 0.308 e. The van der Waals surface area contributed by atoms with E-state index in [1.54, 1.807) is 0 Å². The van der Waals surface area contributed by atoms with E-state index in [1.165, 1.54) is 45.1 Å². The molecular weight excluding hydrogens is 300 g/mol. The van der Waals surface area contributed by atoms with Gasteiger partial charge in [0.2, 0.25) is 5.09 Å². The maximum atomic E-state index is 12.0. The third kappa shape index (κ3) is 3.82. The fourth-order valence-corrected chi connectivity index (χ4v) is 2.31. The summed E-state index contributed by atoms with van der Waals surface area (Å²) in [7, 11) is 0.366. The maximum Gasteiger partial charge on any atom is 0.308 e. The SMILES string of the molecule is CC(CN(C)C(=O)c1ccc(S(=O)(=O)N(C)C)o1)C(=O)O. The number of hydrogen-bond acceptors (Lipinski definition) is 5. The molecule has 0 aliphatic rings. The van der Waals surface area contributed by atoms with Crippen molar-refractivity contribution in [2.24, 2.45) is 5.92 Å². The molecule has 0 fully saturated rings. The number of aliphatic carboxylic acids is 1. The first-order valence-electron chi connectivity index (χ1n) is 6.08. The van der Waals surface area contributed by atoms with Crippen LogP contribution >= 0.6 is 0 Å². The van der Waals surface area contributed by atoms with Gasteiger partial charge in [0.25, 0.3) is 15.9 Å². The normalized spacial score (nSPS) is 13.2. The molecule has 1 rings (SSSR count). The lowest BCUT2D eigenvalue weighted by Crippen LogP contribution is -2.33. The first-order valence-corrected chi connectivity index (χ1v) is 7.52. The Labute approximate surface area is 123 Å². The van der Waals surface area contributed by atoms with Gasteiger partial charge in [-0.25, -0.2) is 12.7 Å². The largest absolute Gasteiger partial charge is 0.481 e. The molecule has 0 aromatic carbocycles. The van der Waals surface area contributed by atoms with Gasteiger partial charge in [0.15, 0.2) is 5.76 Å². The fraction of sp³-hybridized carbons (Fsp3) is 0.500. The number of furan rings is 1. The number of carbonyl (C=O) groups excluding carboxylic acids is 1. The van der Waals surface area contributed by atoms with E-state index in [9.17, 15) is 18.0 Å². The highest BCUT2D eigenvalue weighted by Crippen LogP contribution is 2.18. The van der Waals surface area contributed by atoms with Gasteiger partial charge < -0.3 is 14.4 Å². The molecule has 118 valence electrons. The van der Waals surface area contributed by atoms with Gasteiger partial charge in [-0.15, -0.1) is 0 Å². The zero-order chi connectivity index (χ0) is 16.4. The van der Waals surface area contributed by atoms with Crippen molar-refractivity contribution >= 4 is 21.9 Å². The monoisotopic (exact) mass is 318 g/mol.